The minimum Gasteiger partial charge on any atom is -0.453 e. The van der Waals surface area contributed by atoms with Crippen LogP contribution >= 0.6 is 0 Å². The molecule has 2 rings (SSSR count). The lowest BCUT2D eigenvalue weighted by molar-refractivity contribution is 0.522. The highest BCUT2D eigenvalue weighted by Crippen LogP contribution is 2.07. The summed E-state index contributed by atoms with van der Waals surface area (Å²) in [6, 6.07) is 10.0. The van der Waals surface area contributed by atoms with Gasteiger partial charge in [0.15, 0.2) is 5.76 Å². The van der Waals surface area contributed by atoms with E-state index in [1.54, 1.807) is 24.3 Å². The summed E-state index contributed by atoms with van der Waals surface area (Å²) < 4.78 is 18.4. The molecular weight excluding hydrogens is 191 g/mol. The summed E-state index contributed by atoms with van der Waals surface area (Å²) >= 11 is 0. The van der Waals surface area contributed by atoms with Gasteiger partial charge in [-0.25, -0.2) is 4.39 Å². The predicted octanol–water partition coefficient (Wildman–Crippen LogP) is 3.13. The van der Waals surface area contributed by atoms with Gasteiger partial charge in [0.2, 0.25) is 0 Å². The zero-order valence-electron chi connectivity index (χ0n) is 8.25. The molecule has 0 atom stereocenters. The van der Waals surface area contributed by atoms with Crippen LogP contribution in [0.25, 0.3) is 0 Å². The monoisotopic (exact) mass is 200 g/mol. The lowest BCUT2D eigenvalue weighted by atomic mass is 10.2. The number of benzene rings is 1. The van der Waals surface area contributed by atoms with Gasteiger partial charge >= 0.3 is 0 Å². The summed E-state index contributed by atoms with van der Waals surface area (Å²) in [5.41, 5.74) is 0.381. The number of hydrogen-bond acceptors (Lipinski definition) is 1. The van der Waals surface area contributed by atoms with Crippen molar-refractivity contribution in [3.63, 3.8) is 0 Å². The Balaban J connectivity index is 2.30. The predicted molar refractivity (Wildman–Crippen MR) is 55.8 cm³/mol. The van der Waals surface area contributed by atoms with Gasteiger partial charge in [-0.05, 0) is 37.1 Å². The summed E-state index contributed by atoms with van der Waals surface area (Å²) in [6.45, 7) is 1.84. The van der Waals surface area contributed by atoms with Crippen molar-refractivity contribution in [1.82, 2.24) is 0 Å². The first-order valence-electron chi connectivity index (χ1n) is 4.59. The van der Waals surface area contributed by atoms with Gasteiger partial charge in [0.25, 0.3) is 0 Å². The molecule has 0 radical (unpaired) electrons. The normalized spacial score (nSPS) is 9.47. The highest BCUT2D eigenvalue weighted by Gasteiger charge is 1.96. The molecule has 2 heteroatoms. The van der Waals surface area contributed by atoms with E-state index in [0.29, 0.717) is 11.3 Å². The first kappa shape index (κ1) is 9.54. The van der Waals surface area contributed by atoms with Crippen LogP contribution in [0.1, 0.15) is 17.1 Å². The van der Waals surface area contributed by atoms with Crippen LogP contribution in [0.3, 0.4) is 0 Å². The van der Waals surface area contributed by atoms with E-state index >= 15 is 0 Å². The number of aryl methyl sites for hydroxylation is 1. The van der Waals surface area contributed by atoms with E-state index in [-0.39, 0.29) is 5.82 Å². The molecule has 0 saturated heterocycles. The van der Waals surface area contributed by atoms with Crippen molar-refractivity contribution in [2.45, 2.75) is 6.92 Å². The van der Waals surface area contributed by atoms with Crippen molar-refractivity contribution >= 4 is 0 Å². The van der Waals surface area contributed by atoms with E-state index in [4.69, 9.17) is 4.42 Å². The molecule has 1 heterocycles. The summed E-state index contributed by atoms with van der Waals surface area (Å²) in [6.07, 6.45) is 0. The highest BCUT2D eigenvalue weighted by atomic mass is 19.1. The Morgan fingerprint density at radius 1 is 1.07 bits per heavy atom. The summed E-state index contributed by atoms with van der Waals surface area (Å²) in [4.78, 5) is 0. The minimum absolute atomic E-state index is 0.312. The Morgan fingerprint density at radius 2 is 1.87 bits per heavy atom. The Hall–Kier alpha value is -2.01. The number of halogens is 1. The Bertz CT molecular complexity index is 529. The molecule has 0 fully saturated rings. The van der Waals surface area contributed by atoms with E-state index in [1.807, 2.05) is 13.0 Å². The van der Waals surface area contributed by atoms with E-state index in [2.05, 4.69) is 11.8 Å². The molecule has 1 aromatic heterocycles. The smallest absolute Gasteiger partial charge is 0.177 e. The maximum atomic E-state index is 13.2. The van der Waals surface area contributed by atoms with E-state index in [0.717, 1.165) is 5.76 Å². The van der Waals surface area contributed by atoms with Gasteiger partial charge in [-0.3, -0.25) is 0 Å². The third-order valence-corrected chi connectivity index (χ3v) is 1.93. The molecule has 1 aromatic carbocycles. The third kappa shape index (κ3) is 2.26. The average molecular weight is 200 g/mol. The van der Waals surface area contributed by atoms with Crippen molar-refractivity contribution in [1.29, 1.82) is 0 Å². The first-order valence-corrected chi connectivity index (χ1v) is 4.59. The number of rotatable bonds is 0. The Labute approximate surface area is 87.5 Å². The highest BCUT2D eigenvalue weighted by molar-refractivity contribution is 5.40. The molecule has 1 nitrogen and oxygen atoms in total. The summed E-state index contributed by atoms with van der Waals surface area (Å²) in [7, 11) is 0. The molecule has 15 heavy (non-hydrogen) atoms. The fourth-order valence-electron chi connectivity index (χ4n) is 1.19. The molecule has 0 bridgehead atoms. The van der Waals surface area contributed by atoms with Gasteiger partial charge in [0.05, 0.1) is 5.56 Å². The molecule has 0 aliphatic carbocycles. The molecule has 0 saturated carbocycles. The maximum Gasteiger partial charge on any atom is 0.177 e. The summed E-state index contributed by atoms with van der Waals surface area (Å²) in [5, 5.41) is 0. The van der Waals surface area contributed by atoms with Gasteiger partial charge in [-0.15, -0.1) is 0 Å². The lowest BCUT2D eigenvalue weighted by Gasteiger charge is -1.90. The molecule has 2 aromatic rings. The van der Waals surface area contributed by atoms with Crippen LogP contribution in [-0.4, -0.2) is 0 Å². The SMILES string of the molecule is Cc1ccc(C#Cc2ccccc2F)o1. The number of furan rings is 1. The molecular formula is C13H9FO. The Kier molecular flexibility index (Phi) is 2.55. The summed E-state index contributed by atoms with van der Waals surface area (Å²) in [5.74, 6) is 6.53. The first-order chi connectivity index (χ1) is 7.25. The lowest BCUT2D eigenvalue weighted by Crippen LogP contribution is -1.80. The van der Waals surface area contributed by atoms with Crippen LogP contribution in [0.2, 0.25) is 0 Å². The van der Waals surface area contributed by atoms with E-state index in [1.165, 1.54) is 6.07 Å². The second-order valence-electron chi connectivity index (χ2n) is 3.14. The van der Waals surface area contributed by atoms with Crippen molar-refractivity contribution in [2.75, 3.05) is 0 Å². The van der Waals surface area contributed by atoms with Crippen LogP contribution in [0.4, 0.5) is 4.39 Å². The van der Waals surface area contributed by atoms with Gasteiger partial charge in [-0.1, -0.05) is 18.1 Å². The topological polar surface area (TPSA) is 13.1 Å². The Morgan fingerprint density at radius 3 is 2.53 bits per heavy atom. The van der Waals surface area contributed by atoms with Crippen molar-refractivity contribution in [3.8, 4) is 11.8 Å². The van der Waals surface area contributed by atoms with Crippen molar-refractivity contribution < 1.29 is 8.81 Å². The van der Waals surface area contributed by atoms with Gasteiger partial charge in [0, 0.05) is 0 Å². The van der Waals surface area contributed by atoms with E-state index in [9.17, 15) is 4.39 Å². The van der Waals surface area contributed by atoms with E-state index < -0.39 is 0 Å². The van der Waals surface area contributed by atoms with Crippen molar-refractivity contribution in [2.24, 2.45) is 0 Å². The minimum atomic E-state index is -0.312. The number of hydrogen-bond donors (Lipinski definition) is 0. The van der Waals surface area contributed by atoms with Crippen LogP contribution in [-0.2, 0) is 0 Å². The van der Waals surface area contributed by atoms with Crippen LogP contribution in [0, 0.1) is 24.6 Å². The van der Waals surface area contributed by atoms with Gasteiger partial charge in [0.1, 0.15) is 11.6 Å². The fourth-order valence-corrected chi connectivity index (χ4v) is 1.19. The molecule has 74 valence electrons. The molecule has 0 aliphatic rings. The van der Waals surface area contributed by atoms with Crippen LogP contribution < -0.4 is 0 Å². The molecule has 0 amide bonds. The standard InChI is InChI=1S/C13H9FO/c1-10-6-8-12(15-10)9-7-11-4-2-3-5-13(11)14/h2-6,8H,1H3. The second kappa shape index (κ2) is 4.02. The second-order valence-corrected chi connectivity index (χ2v) is 3.14. The zero-order valence-corrected chi connectivity index (χ0v) is 8.25. The quantitative estimate of drug-likeness (QED) is 0.595. The molecule has 0 aliphatic heterocycles. The van der Waals surface area contributed by atoms with Crippen LogP contribution in [0.5, 0.6) is 0 Å². The van der Waals surface area contributed by atoms with Gasteiger partial charge < -0.3 is 4.42 Å². The molecule has 0 spiro atoms. The maximum absolute atomic E-state index is 13.2. The van der Waals surface area contributed by atoms with Crippen molar-refractivity contribution in [3.05, 3.63) is 59.3 Å². The zero-order chi connectivity index (χ0) is 10.7. The molecule has 0 unspecified atom stereocenters. The van der Waals surface area contributed by atoms with Gasteiger partial charge in [-0.2, -0.15) is 0 Å². The average Bonchev–Trinajstić information content (AvgIpc) is 2.63. The van der Waals surface area contributed by atoms with Crippen LogP contribution in [0.15, 0.2) is 40.8 Å². The largest absolute Gasteiger partial charge is 0.453 e. The fraction of sp³-hybridized carbons (Fsp3) is 0.0769. The third-order valence-electron chi connectivity index (χ3n) is 1.93. The molecule has 0 N–H and O–H groups in total.